The second kappa shape index (κ2) is 4.26. The Labute approximate surface area is 87.0 Å². The molecule has 2 nitrogen and oxygen atoms in total. The molecule has 0 spiro atoms. The average molecular weight is 195 g/mol. The molecule has 0 fully saturated rings. The summed E-state index contributed by atoms with van der Waals surface area (Å²) in [5.74, 6) is 0.151. The van der Waals surface area contributed by atoms with Crippen LogP contribution in [-0.2, 0) is 4.79 Å². The van der Waals surface area contributed by atoms with E-state index in [9.17, 15) is 4.79 Å². The van der Waals surface area contributed by atoms with E-state index < -0.39 is 0 Å². The summed E-state index contributed by atoms with van der Waals surface area (Å²) < 4.78 is 0. The molecule has 0 aromatic carbocycles. The third-order valence-electron chi connectivity index (χ3n) is 3.05. The molecule has 0 N–H and O–H groups in total. The normalized spacial score (nSPS) is 26.1. The summed E-state index contributed by atoms with van der Waals surface area (Å²) in [6, 6.07) is 0. The average Bonchev–Trinajstić information content (AvgIpc) is 2.08. The van der Waals surface area contributed by atoms with Gasteiger partial charge in [0.2, 0.25) is 0 Å². The van der Waals surface area contributed by atoms with Gasteiger partial charge in [0.05, 0.1) is 0 Å². The minimum absolute atomic E-state index is 0.151. The van der Waals surface area contributed by atoms with E-state index in [2.05, 4.69) is 38.9 Å². The Kier molecular flexibility index (Phi) is 3.48. The molecule has 0 aromatic heterocycles. The van der Waals surface area contributed by atoms with Gasteiger partial charge in [-0.05, 0) is 32.4 Å². The van der Waals surface area contributed by atoms with Crippen molar-refractivity contribution in [2.75, 3.05) is 20.6 Å². The maximum atomic E-state index is 10.7. The number of rotatable bonds is 3. The Morgan fingerprint density at radius 2 is 2.21 bits per heavy atom. The summed E-state index contributed by atoms with van der Waals surface area (Å²) in [5, 5.41) is 0. The second-order valence-electron chi connectivity index (χ2n) is 5.15. The molecule has 14 heavy (non-hydrogen) atoms. The van der Waals surface area contributed by atoms with E-state index >= 15 is 0 Å². The van der Waals surface area contributed by atoms with Crippen molar-refractivity contribution in [3.8, 4) is 0 Å². The first-order chi connectivity index (χ1) is 6.45. The molecule has 0 bridgehead atoms. The third kappa shape index (κ3) is 2.68. The predicted octanol–water partition coefficient (Wildman–Crippen LogP) is 2.11. The standard InChI is InChI=1S/C12H21NO/c1-12(2)6-5-10(9-14)7-11(12)8-13(3)4/h7,9-10H,5-6,8H2,1-4H3. The molecular weight excluding hydrogens is 174 g/mol. The zero-order valence-electron chi connectivity index (χ0n) is 9.71. The molecule has 1 unspecified atom stereocenters. The number of allylic oxidation sites excluding steroid dienone is 1. The molecule has 1 atom stereocenters. The number of likely N-dealkylation sites (N-methyl/N-ethyl adjacent to an activating group) is 1. The SMILES string of the molecule is CN(C)CC1=CC(C=O)CCC1(C)C. The summed E-state index contributed by atoms with van der Waals surface area (Å²) in [6.45, 7) is 5.50. The fourth-order valence-electron chi connectivity index (χ4n) is 1.97. The summed E-state index contributed by atoms with van der Waals surface area (Å²) in [4.78, 5) is 12.9. The van der Waals surface area contributed by atoms with Crippen LogP contribution in [0.1, 0.15) is 26.7 Å². The molecule has 0 saturated heterocycles. The highest BCUT2D eigenvalue weighted by Crippen LogP contribution is 2.38. The molecule has 0 amide bonds. The lowest BCUT2D eigenvalue weighted by atomic mass is 9.72. The second-order valence-corrected chi connectivity index (χ2v) is 5.15. The summed E-state index contributed by atoms with van der Waals surface area (Å²) in [6.07, 6.45) is 5.37. The minimum Gasteiger partial charge on any atom is -0.305 e. The highest BCUT2D eigenvalue weighted by molar-refractivity contribution is 5.57. The van der Waals surface area contributed by atoms with E-state index in [1.807, 2.05) is 0 Å². The maximum absolute atomic E-state index is 10.7. The van der Waals surface area contributed by atoms with E-state index in [-0.39, 0.29) is 11.3 Å². The zero-order valence-corrected chi connectivity index (χ0v) is 9.71. The van der Waals surface area contributed by atoms with Gasteiger partial charge in [0.1, 0.15) is 6.29 Å². The van der Waals surface area contributed by atoms with Crippen molar-refractivity contribution in [2.24, 2.45) is 11.3 Å². The molecule has 0 aliphatic heterocycles. The first-order valence-corrected chi connectivity index (χ1v) is 5.27. The van der Waals surface area contributed by atoms with Crippen molar-refractivity contribution >= 4 is 6.29 Å². The van der Waals surface area contributed by atoms with Crippen molar-refractivity contribution in [3.63, 3.8) is 0 Å². The fourth-order valence-corrected chi connectivity index (χ4v) is 1.97. The van der Waals surface area contributed by atoms with Gasteiger partial charge >= 0.3 is 0 Å². The monoisotopic (exact) mass is 195 g/mol. The van der Waals surface area contributed by atoms with E-state index in [1.54, 1.807) is 0 Å². The highest BCUT2D eigenvalue weighted by Gasteiger charge is 2.29. The number of hydrogen-bond donors (Lipinski definition) is 0. The van der Waals surface area contributed by atoms with Gasteiger partial charge in [-0.3, -0.25) is 0 Å². The Bertz CT molecular complexity index is 241. The number of hydrogen-bond acceptors (Lipinski definition) is 2. The Hall–Kier alpha value is -0.630. The predicted molar refractivity (Wildman–Crippen MR) is 59.2 cm³/mol. The highest BCUT2D eigenvalue weighted by atomic mass is 16.1. The van der Waals surface area contributed by atoms with Gasteiger partial charge in [0, 0.05) is 12.5 Å². The quantitative estimate of drug-likeness (QED) is 0.508. The lowest BCUT2D eigenvalue weighted by Gasteiger charge is -2.35. The van der Waals surface area contributed by atoms with Crippen LogP contribution >= 0.6 is 0 Å². The smallest absolute Gasteiger partial charge is 0.126 e. The molecule has 1 rings (SSSR count). The first kappa shape index (κ1) is 11.4. The number of carbonyl (C=O) groups excluding carboxylic acids is 1. The van der Waals surface area contributed by atoms with E-state index in [1.165, 1.54) is 5.57 Å². The topological polar surface area (TPSA) is 20.3 Å². The van der Waals surface area contributed by atoms with Gasteiger partial charge in [-0.25, -0.2) is 0 Å². The van der Waals surface area contributed by atoms with Gasteiger partial charge in [-0.2, -0.15) is 0 Å². The molecule has 1 aliphatic rings. The largest absolute Gasteiger partial charge is 0.305 e. The summed E-state index contributed by atoms with van der Waals surface area (Å²) >= 11 is 0. The number of nitrogens with zero attached hydrogens (tertiary/aromatic N) is 1. The molecule has 80 valence electrons. The molecule has 0 heterocycles. The molecule has 0 aromatic rings. The molecule has 1 aliphatic carbocycles. The van der Waals surface area contributed by atoms with Crippen LogP contribution in [0.3, 0.4) is 0 Å². The van der Waals surface area contributed by atoms with Crippen molar-refractivity contribution in [2.45, 2.75) is 26.7 Å². The Morgan fingerprint density at radius 3 is 2.71 bits per heavy atom. The molecule has 0 saturated carbocycles. The molecular formula is C12H21NO. The van der Waals surface area contributed by atoms with Crippen LogP contribution < -0.4 is 0 Å². The third-order valence-corrected chi connectivity index (χ3v) is 3.05. The van der Waals surface area contributed by atoms with E-state index in [0.717, 1.165) is 25.7 Å². The summed E-state index contributed by atoms with van der Waals surface area (Å²) in [7, 11) is 4.14. The fraction of sp³-hybridized carbons (Fsp3) is 0.750. The van der Waals surface area contributed by atoms with Gasteiger partial charge in [0.25, 0.3) is 0 Å². The van der Waals surface area contributed by atoms with Crippen LogP contribution in [0.4, 0.5) is 0 Å². The molecule has 2 heteroatoms. The summed E-state index contributed by atoms with van der Waals surface area (Å²) in [5.41, 5.74) is 1.68. The van der Waals surface area contributed by atoms with Gasteiger partial charge in [-0.1, -0.05) is 25.5 Å². The van der Waals surface area contributed by atoms with Crippen LogP contribution in [0.15, 0.2) is 11.6 Å². The van der Waals surface area contributed by atoms with Gasteiger partial charge < -0.3 is 9.69 Å². The maximum Gasteiger partial charge on any atom is 0.126 e. The van der Waals surface area contributed by atoms with E-state index in [0.29, 0.717) is 0 Å². The van der Waals surface area contributed by atoms with E-state index in [4.69, 9.17) is 0 Å². The number of aldehydes is 1. The lowest BCUT2D eigenvalue weighted by Crippen LogP contribution is -2.29. The van der Waals surface area contributed by atoms with Crippen LogP contribution in [0, 0.1) is 11.3 Å². The zero-order chi connectivity index (χ0) is 10.8. The van der Waals surface area contributed by atoms with Gasteiger partial charge in [-0.15, -0.1) is 0 Å². The Balaban J connectivity index is 2.82. The number of carbonyl (C=O) groups is 1. The minimum atomic E-state index is 0.151. The first-order valence-electron chi connectivity index (χ1n) is 5.27. The Morgan fingerprint density at radius 1 is 1.57 bits per heavy atom. The molecule has 0 radical (unpaired) electrons. The van der Waals surface area contributed by atoms with Crippen molar-refractivity contribution in [1.29, 1.82) is 0 Å². The lowest BCUT2D eigenvalue weighted by molar-refractivity contribution is -0.110. The van der Waals surface area contributed by atoms with Crippen LogP contribution in [0.5, 0.6) is 0 Å². The van der Waals surface area contributed by atoms with Crippen LogP contribution in [0.25, 0.3) is 0 Å². The van der Waals surface area contributed by atoms with Crippen molar-refractivity contribution in [1.82, 2.24) is 4.90 Å². The van der Waals surface area contributed by atoms with Crippen LogP contribution in [0.2, 0.25) is 0 Å². The van der Waals surface area contributed by atoms with Crippen molar-refractivity contribution < 1.29 is 4.79 Å². The van der Waals surface area contributed by atoms with Crippen LogP contribution in [-0.4, -0.2) is 31.8 Å². The van der Waals surface area contributed by atoms with Crippen molar-refractivity contribution in [3.05, 3.63) is 11.6 Å². The van der Waals surface area contributed by atoms with Gasteiger partial charge in [0.15, 0.2) is 0 Å².